The van der Waals surface area contributed by atoms with E-state index in [1.807, 2.05) is 34.6 Å². The normalized spacial score (nSPS) is 12.1. The summed E-state index contributed by atoms with van der Waals surface area (Å²) in [6, 6.07) is 2.01. The summed E-state index contributed by atoms with van der Waals surface area (Å²) in [5, 5.41) is 4.15. The van der Waals surface area contributed by atoms with Crippen LogP contribution >= 0.6 is 0 Å². The highest BCUT2D eigenvalue weighted by Gasteiger charge is 2.26. The maximum Gasteiger partial charge on any atom is 0.186 e. The molecule has 3 heteroatoms. The Balaban J connectivity index is 3.08. The third kappa shape index (κ3) is 2.03. The van der Waals surface area contributed by atoms with E-state index in [1.54, 1.807) is 16.9 Å². The summed E-state index contributed by atoms with van der Waals surface area (Å²) in [6.45, 7) is 9.81. The highest BCUT2D eigenvalue weighted by Crippen LogP contribution is 2.21. The third-order valence-electron chi connectivity index (χ3n) is 2.07. The first kappa shape index (κ1) is 11.0. The fraction of sp³-hybridized carbons (Fsp3) is 0.636. The summed E-state index contributed by atoms with van der Waals surface area (Å²) < 4.78 is 1.77. The molecule has 0 aliphatic carbocycles. The van der Waals surface area contributed by atoms with E-state index in [0.29, 0.717) is 5.69 Å². The van der Waals surface area contributed by atoms with E-state index in [-0.39, 0.29) is 17.2 Å². The maximum atomic E-state index is 12.0. The fourth-order valence-corrected chi connectivity index (χ4v) is 1.29. The highest BCUT2D eigenvalue weighted by molar-refractivity contribution is 5.98. The van der Waals surface area contributed by atoms with Crippen LogP contribution < -0.4 is 0 Å². The zero-order chi connectivity index (χ0) is 10.9. The van der Waals surface area contributed by atoms with Gasteiger partial charge in [-0.05, 0) is 19.9 Å². The molecule has 0 radical (unpaired) electrons. The van der Waals surface area contributed by atoms with Crippen LogP contribution in [-0.4, -0.2) is 15.6 Å². The molecule has 0 saturated heterocycles. The Bertz CT molecular complexity index is 331. The molecule has 0 N–H and O–H groups in total. The molecule has 1 heterocycles. The number of ketones is 1. The lowest BCUT2D eigenvalue weighted by molar-refractivity contribution is 0.0844. The summed E-state index contributed by atoms with van der Waals surface area (Å²) in [7, 11) is 0. The van der Waals surface area contributed by atoms with Gasteiger partial charge in [-0.1, -0.05) is 20.8 Å². The molecule has 0 amide bonds. The molecule has 0 bridgehead atoms. The lowest BCUT2D eigenvalue weighted by atomic mass is 9.89. The van der Waals surface area contributed by atoms with E-state index in [2.05, 4.69) is 5.10 Å². The third-order valence-corrected chi connectivity index (χ3v) is 2.07. The minimum Gasteiger partial charge on any atom is -0.292 e. The first-order chi connectivity index (χ1) is 6.34. The molecule has 0 fully saturated rings. The predicted molar refractivity (Wildman–Crippen MR) is 56.4 cm³/mol. The first-order valence-electron chi connectivity index (χ1n) is 4.92. The Morgan fingerprint density at radius 2 is 2.00 bits per heavy atom. The topological polar surface area (TPSA) is 34.9 Å². The monoisotopic (exact) mass is 194 g/mol. The molecule has 0 aliphatic heterocycles. The minimum atomic E-state index is -0.341. The van der Waals surface area contributed by atoms with Crippen molar-refractivity contribution in [1.29, 1.82) is 0 Å². The number of hydrogen-bond donors (Lipinski definition) is 0. The van der Waals surface area contributed by atoms with Crippen molar-refractivity contribution in [2.24, 2.45) is 5.41 Å². The Morgan fingerprint density at radius 3 is 2.43 bits per heavy atom. The van der Waals surface area contributed by atoms with Crippen LogP contribution in [-0.2, 0) is 0 Å². The second kappa shape index (κ2) is 3.56. The summed E-state index contributed by atoms with van der Waals surface area (Å²) >= 11 is 0. The van der Waals surface area contributed by atoms with E-state index in [0.717, 1.165) is 0 Å². The van der Waals surface area contributed by atoms with Gasteiger partial charge in [-0.2, -0.15) is 5.10 Å². The van der Waals surface area contributed by atoms with E-state index in [9.17, 15) is 4.79 Å². The number of carbonyl (C=O) groups excluding carboxylic acids is 1. The summed E-state index contributed by atoms with van der Waals surface area (Å²) in [6.07, 6.45) is 1.68. The van der Waals surface area contributed by atoms with Crippen LogP contribution in [0, 0.1) is 5.41 Å². The molecular weight excluding hydrogens is 176 g/mol. The van der Waals surface area contributed by atoms with Crippen molar-refractivity contribution in [1.82, 2.24) is 9.78 Å². The number of aromatic nitrogens is 2. The number of rotatable bonds is 2. The molecule has 0 aliphatic rings. The van der Waals surface area contributed by atoms with Gasteiger partial charge in [-0.15, -0.1) is 0 Å². The van der Waals surface area contributed by atoms with Gasteiger partial charge in [-0.3, -0.25) is 9.48 Å². The van der Waals surface area contributed by atoms with E-state index in [4.69, 9.17) is 0 Å². The quantitative estimate of drug-likeness (QED) is 0.678. The van der Waals surface area contributed by atoms with Crippen molar-refractivity contribution in [3.63, 3.8) is 0 Å². The number of carbonyl (C=O) groups is 1. The SMILES string of the molecule is CC(C)n1nccc1C(=O)C(C)(C)C. The Kier molecular flexibility index (Phi) is 2.79. The van der Waals surface area contributed by atoms with Gasteiger partial charge in [0.15, 0.2) is 5.78 Å². The second-order valence-corrected chi connectivity index (χ2v) is 4.83. The van der Waals surface area contributed by atoms with Gasteiger partial charge in [0, 0.05) is 17.7 Å². The van der Waals surface area contributed by atoms with Crippen LogP contribution in [0.2, 0.25) is 0 Å². The van der Waals surface area contributed by atoms with Crippen LogP contribution in [0.1, 0.15) is 51.1 Å². The molecule has 1 rings (SSSR count). The van der Waals surface area contributed by atoms with E-state index in [1.165, 1.54) is 0 Å². The average Bonchev–Trinajstić information content (AvgIpc) is 2.48. The smallest absolute Gasteiger partial charge is 0.186 e. The molecule has 1 aromatic heterocycles. The number of hydrogen-bond acceptors (Lipinski definition) is 2. The van der Waals surface area contributed by atoms with Crippen molar-refractivity contribution in [2.45, 2.75) is 40.7 Å². The summed E-state index contributed by atoms with van der Waals surface area (Å²) in [5.74, 6) is 0.142. The molecule has 0 unspecified atom stereocenters. The van der Waals surface area contributed by atoms with Gasteiger partial charge in [0.25, 0.3) is 0 Å². The van der Waals surface area contributed by atoms with Crippen molar-refractivity contribution in [3.8, 4) is 0 Å². The van der Waals surface area contributed by atoms with Gasteiger partial charge in [0.05, 0.1) is 0 Å². The van der Waals surface area contributed by atoms with Crippen LogP contribution in [0.3, 0.4) is 0 Å². The average molecular weight is 194 g/mol. The van der Waals surface area contributed by atoms with Crippen LogP contribution in [0.5, 0.6) is 0 Å². The number of Topliss-reactive ketones (excluding diaryl/α,β-unsaturated/α-hetero) is 1. The van der Waals surface area contributed by atoms with Crippen molar-refractivity contribution in [2.75, 3.05) is 0 Å². The Hall–Kier alpha value is -1.12. The first-order valence-corrected chi connectivity index (χ1v) is 4.92. The van der Waals surface area contributed by atoms with Crippen LogP contribution in [0.25, 0.3) is 0 Å². The molecule has 0 spiro atoms. The minimum absolute atomic E-state index is 0.142. The fourth-order valence-electron chi connectivity index (χ4n) is 1.29. The van der Waals surface area contributed by atoms with Crippen LogP contribution in [0.15, 0.2) is 12.3 Å². The lowest BCUT2D eigenvalue weighted by Gasteiger charge is -2.18. The Labute approximate surface area is 85.1 Å². The molecule has 1 aromatic rings. The second-order valence-electron chi connectivity index (χ2n) is 4.83. The molecule has 0 atom stereocenters. The van der Waals surface area contributed by atoms with E-state index >= 15 is 0 Å². The van der Waals surface area contributed by atoms with Gasteiger partial charge in [0.2, 0.25) is 0 Å². The van der Waals surface area contributed by atoms with Crippen molar-refractivity contribution < 1.29 is 4.79 Å². The molecule has 0 saturated carbocycles. The molecule has 3 nitrogen and oxygen atoms in total. The van der Waals surface area contributed by atoms with E-state index < -0.39 is 0 Å². The molecule has 78 valence electrons. The standard InChI is InChI=1S/C11H18N2O/c1-8(2)13-9(6-7-12-13)10(14)11(3,4)5/h6-8H,1-5H3. The molecule has 14 heavy (non-hydrogen) atoms. The summed E-state index contributed by atoms with van der Waals surface area (Å²) in [4.78, 5) is 12.0. The van der Waals surface area contributed by atoms with Gasteiger partial charge >= 0.3 is 0 Å². The van der Waals surface area contributed by atoms with Gasteiger partial charge in [0.1, 0.15) is 5.69 Å². The van der Waals surface area contributed by atoms with Crippen LogP contribution in [0.4, 0.5) is 0 Å². The zero-order valence-corrected chi connectivity index (χ0v) is 9.53. The van der Waals surface area contributed by atoms with Gasteiger partial charge in [-0.25, -0.2) is 0 Å². The Morgan fingerprint density at radius 1 is 1.43 bits per heavy atom. The van der Waals surface area contributed by atoms with Gasteiger partial charge < -0.3 is 0 Å². The number of nitrogens with zero attached hydrogens (tertiary/aromatic N) is 2. The molecule has 0 aromatic carbocycles. The summed E-state index contributed by atoms with van der Waals surface area (Å²) in [5.41, 5.74) is 0.361. The molecular formula is C11H18N2O. The zero-order valence-electron chi connectivity index (χ0n) is 9.53. The lowest BCUT2D eigenvalue weighted by Crippen LogP contribution is -2.24. The largest absolute Gasteiger partial charge is 0.292 e. The predicted octanol–water partition coefficient (Wildman–Crippen LogP) is 2.69. The maximum absolute atomic E-state index is 12.0. The van der Waals surface area contributed by atoms with Crippen molar-refractivity contribution >= 4 is 5.78 Å². The van der Waals surface area contributed by atoms with Crippen molar-refractivity contribution in [3.05, 3.63) is 18.0 Å². The highest BCUT2D eigenvalue weighted by atomic mass is 16.1.